The van der Waals surface area contributed by atoms with Gasteiger partial charge in [0.15, 0.2) is 0 Å². The van der Waals surface area contributed by atoms with Crippen LogP contribution in [-0.2, 0) is 17.7 Å². The van der Waals surface area contributed by atoms with Crippen LogP contribution in [0.5, 0.6) is 6.01 Å². The Morgan fingerprint density at radius 1 is 1.00 bits per heavy atom. The smallest absolute Gasteiger partial charge is 0.410 e. The number of benzene rings is 1. The second kappa shape index (κ2) is 16.8. The number of rotatable bonds is 4. The summed E-state index contributed by atoms with van der Waals surface area (Å²) in [5.41, 5.74) is 5.25. The summed E-state index contributed by atoms with van der Waals surface area (Å²) in [6.45, 7) is 14.6. The van der Waals surface area contributed by atoms with Crippen LogP contribution in [0.15, 0.2) is 18.3 Å². The van der Waals surface area contributed by atoms with E-state index in [0.717, 1.165) is 35.6 Å². The third-order valence-electron chi connectivity index (χ3n) is 8.09. The molecule has 3 aliphatic heterocycles. The highest BCUT2D eigenvalue weighted by atomic mass is 127. The molecule has 0 N–H and O–H groups in total. The van der Waals surface area contributed by atoms with Crippen LogP contribution < -0.4 is 14.5 Å². The number of hydrogen-bond donors (Lipinski definition) is 0. The highest BCUT2D eigenvalue weighted by Crippen LogP contribution is 2.38. The minimum atomic E-state index is -0.503. The highest BCUT2D eigenvalue weighted by molar-refractivity contribution is 14.2. The fourth-order valence-corrected chi connectivity index (χ4v) is 7.46. The summed E-state index contributed by atoms with van der Waals surface area (Å²) >= 11 is 4.12. The molecule has 0 spiro atoms. The molecular formula is C32H50IN8O3PS. The Morgan fingerprint density at radius 3 is 2.24 bits per heavy atom. The van der Waals surface area contributed by atoms with Crippen molar-refractivity contribution in [2.75, 3.05) is 82.3 Å². The van der Waals surface area contributed by atoms with E-state index in [1.54, 1.807) is 23.8 Å². The molecular weight excluding hydrogens is 734 g/mol. The van der Waals surface area contributed by atoms with Gasteiger partial charge in [-0.2, -0.15) is 26.8 Å². The summed E-state index contributed by atoms with van der Waals surface area (Å²) in [4.78, 5) is 30.8. The van der Waals surface area contributed by atoms with E-state index in [-0.39, 0.29) is 6.09 Å². The number of thioether (sulfide) groups is 1. The number of halogens is 1. The number of carbonyl (C=O) groups excluding carboxylic acids is 1. The Morgan fingerprint density at radius 2 is 1.67 bits per heavy atom. The van der Waals surface area contributed by atoms with Gasteiger partial charge in [0.1, 0.15) is 11.4 Å². The molecule has 0 bridgehead atoms. The van der Waals surface area contributed by atoms with Gasteiger partial charge in [0, 0.05) is 43.7 Å². The van der Waals surface area contributed by atoms with Crippen molar-refractivity contribution in [3.63, 3.8) is 0 Å². The van der Waals surface area contributed by atoms with Crippen molar-refractivity contribution in [3.05, 3.63) is 35.2 Å². The zero-order valence-corrected chi connectivity index (χ0v) is 32.6. The van der Waals surface area contributed by atoms with Gasteiger partial charge in [-0.3, -0.25) is 0 Å². The first-order valence-corrected chi connectivity index (χ1v) is 21.5. The van der Waals surface area contributed by atoms with E-state index in [0.29, 0.717) is 45.1 Å². The van der Waals surface area contributed by atoms with Gasteiger partial charge in [-0.1, -0.05) is 6.07 Å². The van der Waals surface area contributed by atoms with Gasteiger partial charge < -0.3 is 29.1 Å². The molecule has 1 unspecified atom stereocenters. The first-order chi connectivity index (χ1) is 22.0. The van der Waals surface area contributed by atoms with Gasteiger partial charge in [-0.05, 0) is 113 Å². The molecule has 6 rings (SSSR count). The summed E-state index contributed by atoms with van der Waals surface area (Å²) in [6, 6.07) is 4.71. The van der Waals surface area contributed by atoms with Crippen molar-refractivity contribution >= 4 is 68.7 Å². The minimum Gasteiger partial charge on any atom is -0.467 e. The molecule has 2 aromatic heterocycles. The number of aromatic nitrogens is 4. The van der Waals surface area contributed by atoms with Crippen LogP contribution in [0.1, 0.15) is 50.4 Å². The van der Waals surface area contributed by atoms with Gasteiger partial charge in [0.2, 0.25) is 0 Å². The van der Waals surface area contributed by atoms with Gasteiger partial charge >= 0.3 is 12.1 Å². The maximum absolute atomic E-state index is 12.5. The molecule has 1 aromatic carbocycles. The van der Waals surface area contributed by atoms with Crippen LogP contribution in [0.2, 0.25) is 0 Å². The summed E-state index contributed by atoms with van der Waals surface area (Å²) in [7, 11) is 3.78. The Hall–Kier alpha value is -2.09. The van der Waals surface area contributed by atoms with Crippen molar-refractivity contribution in [1.29, 1.82) is 0 Å². The zero-order valence-electron chi connectivity index (χ0n) is 28.6. The van der Waals surface area contributed by atoms with E-state index in [1.165, 1.54) is 42.6 Å². The van der Waals surface area contributed by atoms with E-state index < -0.39 is 5.60 Å². The van der Waals surface area contributed by atoms with E-state index in [1.807, 2.05) is 39.5 Å². The van der Waals surface area contributed by atoms with Crippen molar-refractivity contribution in [2.45, 2.75) is 59.1 Å². The average molecular weight is 785 g/mol. The maximum atomic E-state index is 12.5. The monoisotopic (exact) mass is 784 g/mol. The number of amides is 1. The third-order valence-corrected chi connectivity index (χ3v) is 9.98. The quantitative estimate of drug-likeness (QED) is 0.224. The molecule has 0 radical (unpaired) electrons. The molecule has 0 aliphatic carbocycles. The highest BCUT2D eigenvalue weighted by Gasteiger charge is 2.31. The molecule has 14 heteroatoms. The van der Waals surface area contributed by atoms with Gasteiger partial charge in [-0.25, -0.2) is 9.25 Å². The first kappa shape index (κ1) is 36.7. The van der Waals surface area contributed by atoms with Crippen molar-refractivity contribution in [2.24, 2.45) is 0 Å². The second-order valence-corrected chi connectivity index (χ2v) is 15.7. The van der Waals surface area contributed by atoms with Crippen LogP contribution in [0, 0.1) is 6.92 Å². The lowest BCUT2D eigenvalue weighted by Gasteiger charge is -2.38. The number of carbonyl (C=O) groups is 1. The molecule has 2 fully saturated rings. The third kappa shape index (κ3) is 9.29. The van der Waals surface area contributed by atoms with Crippen molar-refractivity contribution in [1.82, 2.24) is 29.3 Å². The predicted octanol–water partition coefficient (Wildman–Crippen LogP) is 6.25. The predicted molar refractivity (Wildman–Crippen MR) is 202 cm³/mol. The number of methoxy groups -OCH3 is 1. The number of anilines is 2. The SMILES string of the molecule is CN1CCCC1.COc1nc2c(c(N3CCN(C(=O)OC(C)(C)C)CC3)n1)CCN(c1c(C)ccc3c1cnn3PI)C2.CSC. The Labute approximate surface area is 293 Å². The number of likely N-dealkylation sites (tertiary alicyclic amines) is 1. The minimum absolute atomic E-state index is 0.263. The molecule has 3 aliphatic rings. The summed E-state index contributed by atoms with van der Waals surface area (Å²) < 4.78 is 13.1. The lowest BCUT2D eigenvalue weighted by atomic mass is 10.0. The van der Waals surface area contributed by atoms with Crippen LogP contribution >= 0.6 is 40.2 Å². The largest absolute Gasteiger partial charge is 0.467 e. The van der Waals surface area contributed by atoms with Crippen molar-refractivity contribution in [3.8, 4) is 6.01 Å². The normalized spacial score (nSPS) is 17.0. The Kier molecular flexibility index (Phi) is 13.4. The van der Waals surface area contributed by atoms with Crippen LogP contribution in [0.4, 0.5) is 16.3 Å². The first-order valence-electron chi connectivity index (χ1n) is 15.8. The Balaban J connectivity index is 0.000000466. The molecule has 2 saturated heterocycles. The van der Waals surface area contributed by atoms with Crippen LogP contribution in [0.3, 0.4) is 0 Å². The number of hydrogen-bond acceptors (Lipinski definition) is 10. The molecule has 1 amide bonds. The average Bonchev–Trinajstić information content (AvgIpc) is 3.69. The topological polar surface area (TPSA) is 92.1 Å². The van der Waals surface area contributed by atoms with E-state index in [9.17, 15) is 4.79 Å². The second-order valence-electron chi connectivity index (χ2n) is 12.8. The molecule has 254 valence electrons. The number of ether oxygens (including phenoxy) is 2. The fourth-order valence-electron chi connectivity index (χ4n) is 5.92. The summed E-state index contributed by atoms with van der Waals surface area (Å²) in [5, 5.41) is 5.77. The van der Waals surface area contributed by atoms with Gasteiger partial charge in [-0.15, -0.1) is 0 Å². The molecule has 0 saturated carbocycles. The molecule has 3 aromatic rings. The zero-order chi connectivity index (χ0) is 33.4. The number of piperazine rings is 1. The van der Waals surface area contributed by atoms with Crippen LogP contribution in [-0.4, -0.2) is 113 Å². The fraction of sp³-hybridized carbons (Fsp3) is 0.625. The molecule has 5 heterocycles. The molecule has 11 nitrogen and oxygen atoms in total. The Bertz CT molecular complexity index is 1460. The van der Waals surface area contributed by atoms with E-state index in [2.05, 4.69) is 72.4 Å². The number of aryl methyl sites for hydroxylation is 1. The van der Waals surface area contributed by atoms with E-state index >= 15 is 0 Å². The summed E-state index contributed by atoms with van der Waals surface area (Å²) in [6.07, 6.45) is 10.0. The summed E-state index contributed by atoms with van der Waals surface area (Å²) in [5.74, 6) is 0.916. The lowest BCUT2D eigenvalue weighted by molar-refractivity contribution is 0.0240. The van der Waals surface area contributed by atoms with Crippen molar-refractivity contribution < 1.29 is 14.3 Å². The standard InChI is InChI=1S/C25H33IN7O3P.C5H11N.C2H6S/c1-16-6-7-20-18(14-27-33(20)37-26)21(16)32-9-8-17-19(15-32)28-23(35-5)29-22(17)30-10-12-31(13-11-30)24(34)36-25(2,3)4;1-6-4-2-3-5-6;1-3-2/h6-7,14,37H,8-13,15H2,1-5H3;2-5H2,1H3;1-2H3. The molecule has 1 atom stereocenters. The van der Waals surface area contributed by atoms with Crippen LogP contribution in [0.25, 0.3) is 10.9 Å². The number of fused-ring (bicyclic) bond motifs is 2. The number of nitrogens with zero attached hydrogens (tertiary/aromatic N) is 8. The van der Waals surface area contributed by atoms with Gasteiger partial charge in [0.25, 0.3) is 0 Å². The maximum Gasteiger partial charge on any atom is 0.410 e. The molecule has 46 heavy (non-hydrogen) atoms. The van der Waals surface area contributed by atoms with E-state index in [4.69, 9.17) is 19.4 Å². The lowest BCUT2D eigenvalue weighted by Crippen LogP contribution is -2.50. The van der Waals surface area contributed by atoms with Gasteiger partial charge in [0.05, 0.1) is 43.1 Å².